The van der Waals surface area contributed by atoms with E-state index in [4.69, 9.17) is 11.6 Å². The number of benzene rings is 1. The van der Waals surface area contributed by atoms with Gasteiger partial charge in [-0.25, -0.2) is 4.79 Å². The highest BCUT2D eigenvalue weighted by atomic mass is 35.5. The second-order valence-corrected chi connectivity index (χ2v) is 6.51. The highest BCUT2D eigenvalue weighted by Crippen LogP contribution is 2.18. The van der Waals surface area contributed by atoms with Crippen LogP contribution in [-0.2, 0) is 4.79 Å². The summed E-state index contributed by atoms with van der Waals surface area (Å²) in [5, 5.41) is 3.38. The first kappa shape index (κ1) is 15.6. The van der Waals surface area contributed by atoms with Gasteiger partial charge in [0, 0.05) is 29.3 Å². The smallest absolute Gasteiger partial charge is 0.322 e. The molecular weight excluding hydrogens is 290 g/mol. The molecule has 0 atom stereocenters. The predicted octanol–water partition coefficient (Wildman–Crippen LogP) is 2.81. The molecule has 1 aliphatic rings. The molecule has 0 spiro atoms. The van der Waals surface area contributed by atoms with Crippen LogP contribution in [0.15, 0.2) is 24.3 Å². The zero-order valence-corrected chi connectivity index (χ0v) is 13.3. The highest BCUT2D eigenvalue weighted by Gasteiger charge is 2.33. The Bertz CT molecular complexity index is 537. The second kappa shape index (κ2) is 5.93. The van der Waals surface area contributed by atoms with Crippen molar-refractivity contribution in [1.29, 1.82) is 0 Å². The summed E-state index contributed by atoms with van der Waals surface area (Å²) in [6.45, 7) is 7.17. The van der Waals surface area contributed by atoms with Gasteiger partial charge in [-0.3, -0.25) is 4.79 Å². The summed E-state index contributed by atoms with van der Waals surface area (Å²) >= 11 is 5.80. The molecule has 0 aliphatic carbocycles. The van der Waals surface area contributed by atoms with E-state index in [9.17, 15) is 9.59 Å². The van der Waals surface area contributed by atoms with E-state index in [0.717, 1.165) is 0 Å². The first-order valence-corrected chi connectivity index (χ1v) is 7.27. The predicted molar refractivity (Wildman–Crippen MR) is 83.5 cm³/mol. The zero-order chi connectivity index (χ0) is 15.6. The number of anilines is 1. The van der Waals surface area contributed by atoms with Gasteiger partial charge in [0.2, 0.25) is 5.91 Å². The summed E-state index contributed by atoms with van der Waals surface area (Å²) in [7, 11) is 0. The third kappa shape index (κ3) is 3.88. The van der Waals surface area contributed by atoms with Gasteiger partial charge >= 0.3 is 6.03 Å². The molecule has 1 aliphatic heterocycles. The molecule has 1 aromatic carbocycles. The van der Waals surface area contributed by atoms with Gasteiger partial charge in [-0.15, -0.1) is 0 Å². The van der Waals surface area contributed by atoms with Crippen molar-refractivity contribution in [3.8, 4) is 0 Å². The molecule has 6 heteroatoms. The number of amides is 3. The molecule has 1 N–H and O–H groups in total. The van der Waals surface area contributed by atoms with Crippen LogP contribution in [0.2, 0.25) is 5.02 Å². The summed E-state index contributed by atoms with van der Waals surface area (Å²) in [5.74, 6) is -0.0278. The Balaban J connectivity index is 1.96. The van der Waals surface area contributed by atoms with Gasteiger partial charge in [0.25, 0.3) is 0 Å². The highest BCUT2D eigenvalue weighted by molar-refractivity contribution is 6.30. The molecule has 5 nitrogen and oxygen atoms in total. The van der Waals surface area contributed by atoms with Gasteiger partial charge in [-0.05, 0) is 45.0 Å². The molecule has 1 fully saturated rings. The molecule has 3 amide bonds. The molecule has 1 heterocycles. The average Bonchev–Trinajstić information content (AvgIpc) is 2.39. The van der Waals surface area contributed by atoms with Crippen LogP contribution in [0.5, 0.6) is 0 Å². The molecule has 0 unspecified atom stereocenters. The van der Waals surface area contributed by atoms with Crippen LogP contribution in [-0.4, -0.2) is 46.9 Å². The van der Waals surface area contributed by atoms with Crippen LogP contribution in [0, 0.1) is 0 Å². The summed E-state index contributed by atoms with van der Waals surface area (Å²) < 4.78 is 0. The molecular formula is C15H20ClN3O2. The van der Waals surface area contributed by atoms with E-state index >= 15 is 0 Å². The molecule has 0 bridgehead atoms. The van der Waals surface area contributed by atoms with Crippen LogP contribution in [0.4, 0.5) is 10.5 Å². The molecule has 0 radical (unpaired) electrons. The lowest BCUT2D eigenvalue weighted by Gasteiger charge is -2.41. The number of hydrogen-bond acceptors (Lipinski definition) is 2. The minimum absolute atomic E-state index is 0.0278. The van der Waals surface area contributed by atoms with Crippen molar-refractivity contribution < 1.29 is 9.59 Å². The maximum Gasteiger partial charge on any atom is 0.322 e. The van der Waals surface area contributed by atoms with Crippen LogP contribution >= 0.6 is 11.6 Å². The van der Waals surface area contributed by atoms with E-state index in [1.54, 1.807) is 29.2 Å². The number of halogens is 1. The van der Waals surface area contributed by atoms with Crippen molar-refractivity contribution in [1.82, 2.24) is 9.80 Å². The molecule has 1 saturated heterocycles. The van der Waals surface area contributed by atoms with Gasteiger partial charge in [-0.2, -0.15) is 0 Å². The van der Waals surface area contributed by atoms with Crippen molar-refractivity contribution in [2.45, 2.75) is 26.3 Å². The number of hydrogen-bond donors (Lipinski definition) is 1. The summed E-state index contributed by atoms with van der Waals surface area (Å²) in [6.07, 6.45) is 0. The van der Waals surface area contributed by atoms with Crippen molar-refractivity contribution in [3.05, 3.63) is 29.3 Å². The fraction of sp³-hybridized carbons (Fsp3) is 0.467. The van der Waals surface area contributed by atoms with Crippen molar-refractivity contribution >= 4 is 29.2 Å². The minimum Gasteiger partial charge on any atom is -0.335 e. The third-order valence-corrected chi connectivity index (χ3v) is 3.67. The van der Waals surface area contributed by atoms with Crippen LogP contribution < -0.4 is 5.32 Å². The molecule has 21 heavy (non-hydrogen) atoms. The van der Waals surface area contributed by atoms with Crippen LogP contribution in [0.25, 0.3) is 0 Å². The van der Waals surface area contributed by atoms with Gasteiger partial charge in [0.1, 0.15) is 6.54 Å². The van der Waals surface area contributed by atoms with E-state index in [1.165, 1.54) is 4.90 Å². The van der Waals surface area contributed by atoms with E-state index < -0.39 is 0 Å². The fourth-order valence-electron chi connectivity index (χ4n) is 2.29. The molecule has 114 valence electrons. The lowest BCUT2D eigenvalue weighted by Crippen LogP contribution is -2.58. The lowest BCUT2D eigenvalue weighted by molar-refractivity contribution is -0.140. The Labute approximate surface area is 129 Å². The number of carbonyl (C=O) groups is 2. The first-order valence-electron chi connectivity index (χ1n) is 6.89. The number of nitrogens with zero attached hydrogens (tertiary/aromatic N) is 2. The monoisotopic (exact) mass is 309 g/mol. The maximum absolute atomic E-state index is 12.2. The first-order chi connectivity index (χ1) is 9.77. The van der Waals surface area contributed by atoms with E-state index in [-0.39, 0.29) is 24.0 Å². The summed E-state index contributed by atoms with van der Waals surface area (Å²) in [5.41, 5.74) is 0.450. The average molecular weight is 310 g/mol. The van der Waals surface area contributed by atoms with Gasteiger partial charge in [-0.1, -0.05) is 11.6 Å². The number of carbonyl (C=O) groups excluding carboxylic acids is 2. The van der Waals surface area contributed by atoms with E-state index in [0.29, 0.717) is 23.8 Å². The Hall–Kier alpha value is -1.75. The normalized spacial score (nSPS) is 16.1. The molecule has 1 aromatic rings. The second-order valence-electron chi connectivity index (χ2n) is 6.07. The molecule has 2 rings (SSSR count). The van der Waals surface area contributed by atoms with Crippen molar-refractivity contribution in [2.75, 3.05) is 25.0 Å². The number of rotatable bonds is 1. The quantitative estimate of drug-likeness (QED) is 0.867. The topological polar surface area (TPSA) is 52.6 Å². The maximum atomic E-state index is 12.2. The number of nitrogens with one attached hydrogen (secondary N) is 1. The Morgan fingerprint density at radius 3 is 2.33 bits per heavy atom. The van der Waals surface area contributed by atoms with Crippen molar-refractivity contribution in [3.63, 3.8) is 0 Å². The Morgan fingerprint density at radius 1 is 1.19 bits per heavy atom. The molecule has 0 saturated carbocycles. The summed E-state index contributed by atoms with van der Waals surface area (Å²) in [6, 6.07) is 6.61. The minimum atomic E-state index is -0.265. The Morgan fingerprint density at radius 2 is 1.81 bits per heavy atom. The standard InChI is InChI=1S/C15H20ClN3O2/c1-15(2,3)19-9-8-18(10-13(19)20)14(21)17-12-6-4-11(16)5-7-12/h4-7H,8-10H2,1-3H3,(H,17,21). The fourth-order valence-corrected chi connectivity index (χ4v) is 2.42. The zero-order valence-electron chi connectivity index (χ0n) is 12.5. The summed E-state index contributed by atoms with van der Waals surface area (Å²) in [4.78, 5) is 27.6. The van der Waals surface area contributed by atoms with Crippen LogP contribution in [0.3, 0.4) is 0 Å². The number of piperazine rings is 1. The van der Waals surface area contributed by atoms with Gasteiger partial charge in [0.05, 0.1) is 0 Å². The third-order valence-electron chi connectivity index (χ3n) is 3.41. The van der Waals surface area contributed by atoms with Gasteiger partial charge in [0.15, 0.2) is 0 Å². The Kier molecular flexibility index (Phi) is 4.42. The number of urea groups is 1. The molecule has 0 aromatic heterocycles. The van der Waals surface area contributed by atoms with E-state index in [2.05, 4.69) is 5.32 Å². The van der Waals surface area contributed by atoms with Crippen molar-refractivity contribution in [2.24, 2.45) is 0 Å². The lowest BCUT2D eigenvalue weighted by atomic mass is 10.0. The largest absolute Gasteiger partial charge is 0.335 e. The van der Waals surface area contributed by atoms with Gasteiger partial charge < -0.3 is 15.1 Å². The SMILES string of the molecule is CC(C)(C)N1CCN(C(=O)Nc2ccc(Cl)cc2)CC1=O. The van der Waals surface area contributed by atoms with Crippen LogP contribution in [0.1, 0.15) is 20.8 Å². The van der Waals surface area contributed by atoms with E-state index in [1.807, 2.05) is 20.8 Å².